The third-order valence-electron chi connectivity index (χ3n) is 3.33. The molecular weight excluding hydrogens is 302 g/mol. The van der Waals surface area contributed by atoms with Gasteiger partial charge in [0.2, 0.25) is 0 Å². The Labute approximate surface area is 133 Å². The molecule has 3 aromatic rings. The van der Waals surface area contributed by atoms with Crippen molar-refractivity contribution in [2.24, 2.45) is 0 Å². The molecular formula is C16H16ClN3S. The van der Waals surface area contributed by atoms with Crippen molar-refractivity contribution in [3.8, 4) is 11.3 Å². The number of hydrogen-bond donors (Lipinski definition) is 1. The molecule has 2 aromatic heterocycles. The van der Waals surface area contributed by atoms with Gasteiger partial charge in [0, 0.05) is 23.7 Å². The number of benzene rings is 1. The van der Waals surface area contributed by atoms with E-state index in [0.29, 0.717) is 5.69 Å². The van der Waals surface area contributed by atoms with Crippen LogP contribution in [0.25, 0.3) is 11.3 Å². The van der Waals surface area contributed by atoms with Gasteiger partial charge in [-0.1, -0.05) is 41.9 Å². The standard InChI is InChI=1S/C16H16ClN3S/c17-15-9-13(11-21-15)16-14(18)10-20(19-16)8-4-7-12-5-2-1-3-6-12/h1-3,5-6,9-11H,4,7-8,18H2. The van der Waals surface area contributed by atoms with Crippen LogP contribution in [0.2, 0.25) is 4.34 Å². The summed E-state index contributed by atoms with van der Waals surface area (Å²) in [5.41, 5.74) is 9.90. The highest BCUT2D eigenvalue weighted by atomic mass is 35.5. The largest absolute Gasteiger partial charge is 0.396 e. The predicted molar refractivity (Wildman–Crippen MR) is 89.7 cm³/mol. The van der Waals surface area contributed by atoms with Gasteiger partial charge in [0.1, 0.15) is 5.69 Å². The van der Waals surface area contributed by atoms with Crippen LogP contribution in [0.15, 0.2) is 48.0 Å². The molecule has 0 saturated carbocycles. The van der Waals surface area contributed by atoms with Crippen molar-refractivity contribution in [2.45, 2.75) is 19.4 Å². The Morgan fingerprint density at radius 1 is 1.24 bits per heavy atom. The maximum absolute atomic E-state index is 6.04. The lowest BCUT2D eigenvalue weighted by atomic mass is 10.1. The van der Waals surface area contributed by atoms with E-state index in [1.807, 2.05) is 28.4 Å². The van der Waals surface area contributed by atoms with Gasteiger partial charge in [-0.3, -0.25) is 4.68 Å². The number of aryl methyl sites for hydroxylation is 2. The van der Waals surface area contributed by atoms with E-state index < -0.39 is 0 Å². The van der Waals surface area contributed by atoms with Gasteiger partial charge in [-0.25, -0.2) is 0 Å². The molecule has 0 spiro atoms. The molecule has 0 saturated heterocycles. The Balaban J connectivity index is 1.64. The van der Waals surface area contributed by atoms with Crippen molar-refractivity contribution >= 4 is 28.6 Å². The van der Waals surface area contributed by atoms with Gasteiger partial charge in [0.25, 0.3) is 0 Å². The molecule has 2 heterocycles. The number of hydrogen-bond acceptors (Lipinski definition) is 3. The minimum absolute atomic E-state index is 0.698. The van der Waals surface area contributed by atoms with E-state index in [4.69, 9.17) is 17.3 Å². The smallest absolute Gasteiger partial charge is 0.116 e. The van der Waals surface area contributed by atoms with E-state index in [1.54, 1.807) is 0 Å². The Morgan fingerprint density at radius 3 is 2.76 bits per heavy atom. The highest BCUT2D eigenvalue weighted by Gasteiger charge is 2.10. The Kier molecular flexibility index (Phi) is 4.27. The van der Waals surface area contributed by atoms with Gasteiger partial charge in [-0.15, -0.1) is 11.3 Å². The van der Waals surface area contributed by atoms with Crippen LogP contribution in [0.1, 0.15) is 12.0 Å². The normalized spacial score (nSPS) is 10.9. The molecule has 3 rings (SSSR count). The van der Waals surface area contributed by atoms with E-state index in [9.17, 15) is 0 Å². The van der Waals surface area contributed by atoms with Gasteiger partial charge >= 0.3 is 0 Å². The van der Waals surface area contributed by atoms with Crippen molar-refractivity contribution < 1.29 is 0 Å². The number of aromatic nitrogens is 2. The quantitative estimate of drug-likeness (QED) is 0.754. The summed E-state index contributed by atoms with van der Waals surface area (Å²) in [6.45, 7) is 0.858. The molecule has 0 amide bonds. The van der Waals surface area contributed by atoms with Crippen molar-refractivity contribution in [2.75, 3.05) is 5.73 Å². The number of anilines is 1. The van der Waals surface area contributed by atoms with Crippen molar-refractivity contribution in [1.82, 2.24) is 9.78 Å². The second-order valence-corrected chi connectivity index (χ2v) is 6.47. The first-order chi connectivity index (χ1) is 10.2. The van der Waals surface area contributed by atoms with E-state index >= 15 is 0 Å². The molecule has 21 heavy (non-hydrogen) atoms. The van der Waals surface area contributed by atoms with Gasteiger partial charge < -0.3 is 5.73 Å². The van der Waals surface area contributed by atoms with Gasteiger partial charge in [0.15, 0.2) is 0 Å². The minimum atomic E-state index is 0.698. The molecule has 0 aliphatic carbocycles. The summed E-state index contributed by atoms with van der Waals surface area (Å²) in [7, 11) is 0. The number of nitrogens with two attached hydrogens (primary N) is 1. The fourth-order valence-electron chi connectivity index (χ4n) is 2.30. The molecule has 0 unspecified atom stereocenters. The van der Waals surface area contributed by atoms with Crippen LogP contribution in [0.4, 0.5) is 5.69 Å². The Morgan fingerprint density at radius 2 is 2.05 bits per heavy atom. The molecule has 0 fully saturated rings. The first kappa shape index (κ1) is 14.2. The van der Waals surface area contributed by atoms with E-state index in [1.165, 1.54) is 16.9 Å². The van der Waals surface area contributed by atoms with Gasteiger partial charge in [-0.05, 0) is 24.5 Å². The lowest BCUT2D eigenvalue weighted by molar-refractivity contribution is 0.580. The fourth-order valence-corrected chi connectivity index (χ4v) is 3.17. The summed E-state index contributed by atoms with van der Waals surface area (Å²) in [4.78, 5) is 0. The summed E-state index contributed by atoms with van der Waals surface area (Å²) in [5.74, 6) is 0. The summed E-state index contributed by atoms with van der Waals surface area (Å²) in [6.07, 6.45) is 3.97. The number of nitrogens with zero attached hydrogens (tertiary/aromatic N) is 2. The first-order valence-electron chi connectivity index (χ1n) is 6.83. The molecule has 108 valence electrons. The Hall–Kier alpha value is -1.78. The number of nitrogen functional groups attached to an aromatic ring is 1. The van der Waals surface area contributed by atoms with Gasteiger partial charge in [-0.2, -0.15) is 5.10 Å². The third-order valence-corrected chi connectivity index (χ3v) is 4.42. The lowest BCUT2D eigenvalue weighted by Crippen LogP contribution is -2.00. The van der Waals surface area contributed by atoms with Crippen LogP contribution in [-0.2, 0) is 13.0 Å². The number of thiophene rings is 1. The van der Waals surface area contributed by atoms with Gasteiger partial charge in [0.05, 0.1) is 10.0 Å². The molecule has 5 heteroatoms. The van der Waals surface area contributed by atoms with Crippen LogP contribution in [0.3, 0.4) is 0 Å². The van der Waals surface area contributed by atoms with Crippen molar-refractivity contribution in [3.63, 3.8) is 0 Å². The molecule has 2 N–H and O–H groups in total. The lowest BCUT2D eigenvalue weighted by Gasteiger charge is -2.02. The monoisotopic (exact) mass is 317 g/mol. The fraction of sp³-hybridized carbons (Fsp3) is 0.188. The second kappa shape index (κ2) is 6.33. The first-order valence-corrected chi connectivity index (χ1v) is 8.09. The van der Waals surface area contributed by atoms with Crippen molar-refractivity contribution in [1.29, 1.82) is 0 Å². The van der Waals surface area contributed by atoms with Crippen LogP contribution in [0, 0.1) is 0 Å². The van der Waals surface area contributed by atoms with Crippen LogP contribution in [0.5, 0.6) is 0 Å². The summed E-state index contributed by atoms with van der Waals surface area (Å²) < 4.78 is 2.67. The molecule has 0 atom stereocenters. The maximum atomic E-state index is 6.04. The molecule has 1 aromatic carbocycles. The minimum Gasteiger partial charge on any atom is -0.396 e. The number of halogens is 1. The van der Waals surface area contributed by atoms with E-state index in [-0.39, 0.29) is 0 Å². The average molecular weight is 318 g/mol. The Bertz CT molecular complexity index is 718. The summed E-state index contributed by atoms with van der Waals surface area (Å²) in [6, 6.07) is 12.4. The number of rotatable bonds is 5. The highest BCUT2D eigenvalue weighted by molar-refractivity contribution is 7.14. The molecule has 0 radical (unpaired) electrons. The summed E-state index contributed by atoms with van der Waals surface area (Å²) >= 11 is 7.46. The molecule has 0 aliphatic rings. The zero-order chi connectivity index (χ0) is 14.7. The molecule has 0 bridgehead atoms. The van der Waals surface area contributed by atoms with Crippen LogP contribution >= 0.6 is 22.9 Å². The molecule has 3 nitrogen and oxygen atoms in total. The SMILES string of the molecule is Nc1cn(CCCc2ccccc2)nc1-c1csc(Cl)c1. The third kappa shape index (κ3) is 3.46. The van der Waals surface area contributed by atoms with Crippen LogP contribution in [-0.4, -0.2) is 9.78 Å². The average Bonchev–Trinajstić information content (AvgIpc) is 3.06. The topological polar surface area (TPSA) is 43.8 Å². The second-order valence-electron chi connectivity index (χ2n) is 4.92. The van der Waals surface area contributed by atoms with Crippen LogP contribution < -0.4 is 5.73 Å². The van der Waals surface area contributed by atoms with E-state index in [0.717, 1.165) is 35.0 Å². The maximum Gasteiger partial charge on any atom is 0.116 e. The predicted octanol–water partition coefficient (Wildman–Crippen LogP) is 4.48. The van der Waals surface area contributed by atoms with Crippen molar-refractivity contribution in [3.05, 3.63) is 57.9 Å². The summed E-state index contributed by atoms with van der Waals surface area (Å²) in [5, 5.41) is 6.55. The highest BCUT2D eigenvalue weighted by Crippen LogP contribution is 2.31. The zero-order valence-corrected chi connectivity index (χ0v) is 13.1. The molecule has 0 aliphatic heterocycles. The zero-order valence-electron chi connectivity index (χ0n) is 11.5. The van der Waals surface area contributed by atoms with E-state index in [2.05, 4.69) is 29.4 Å².